The Hall–Kier alpha value is -0.900. The highest BCUT2D eigenvalue weighted by atomic mass is 16.5. The van der Waals surface area contributed by atoms with Crippen molar-refractivity contribution in [3.8, 4) is 0 Å². The Labute approximate surface area is 65.2 Å². The molecular formula is C7H12O4. The summed E-state index contributed by atoms with van der Waals surface area (Å²) in [6.45, 7) is 1.27. The fourth-order valence-electron chi connectivity index (χ4n) is 0.567. The summed E-state index contributed by atoms with van der Waals surface area (Å²) >= 11 is 0. The van der Waals surface area contributed by atoms with Crippen LogP contribution in [0.15, 0.2) is 0 Å². The number of carbonyl (C=O) groups is 2. The van der Waals surface area contributed by atoms with E-state index in [1.165, 1.54) is 6.92 Å². The van der Waals surface area contributed by atoms with E-state index in [2.05, 4.69) is 4.74 Å². The Balaban J connectivity index is 3.51. The van der Waals surface area contributed by atoms with Gasteiger partial charge in [-0.2, -0.15) is 0 Å². The maximum Gasteiger partial charge on any atom is 0.302 e. The van der Waals surface area contributed by atoms with Crippen LogP contribution in [0.25, 0.3) is 0 Å². The van der Waals surface area contributed by atoms with Crippen LogP contribution >= 0.6 is 0 Å². The van der Waals surface area contributed by atoms with Crippen molar-refractivity contribution in [3.63, 3.8) is 0 Å². The van der Waals surface area contributed by atoms with Gasteiger partial charge in [0, 0.05) is 25.9 Å². The molecule has 0 rings (SSSR count). The van der Waals surface area contributed by atoms with E-state index in [9.17, 15) is 9.59 Å². The van der Waals surface area contributed by atoms with Crippen LogP contribution in [0.3, 0.4) is 0 Å². The fraction of sp³-hybridized carbons (Fsp3) is 0.714. The fourth-order valence-corrected chi connectivity index (χ4v) is 0.567. The highest BCUT2D eigenvalue weighted by molar-refractivity contribution is 5.65. The smallest absolute Gasteiger partial charge is 0.302 e. The second-order valence-corrected chi connectivity index (χ2v) is 2.25. The lowest BCUT2D eigenvalue weighted by Gasteiger charge is -2.09. The molecule has 4 nitrogen and oxygen atoms in total. The summed E-state index contributed by atoms with van der Waals surface area (Å²) < 4.78 is 4.59. The van der Waals surface area contributed by atoms with Gasteiger partial charge in [0.15, 0.2) is 0 Å². The maximum absolute atomic E-state index is 10.3. The standard InChI is InChI=1S/C7H12O4/c1-6(10)11-5-7(4-9)2-3-8/h3,7,9H,2,4-5H2,1H3. The predicted molar refractivity (Wildman–Crippen MR) is 37.9 cm³/mol. The average Bonchev–Trinajstić information content (AvgIpc) is 1.97. The van der Waals surface area contributed by atoms with E-state index in [0.29, 0.717) is 6.29 Å². The van der Waals surface area contributed by atoms with Gasteiger partial charge in [0.25, 0.3) is 0 Å². The first-order valence-electron chi connectivity index (χ1n) is 3.38. The van der Waals surface area contributed by atoms with Gasteiger partial charge in [0.2, 0.25) is 0 Å². The van der Waals surface area contributed by atoms with Crippen LogP contribution in [-0.2, 0) is 14.3 Å². The van der Waals surface area contributed by atoms with E-state index >= 15 is 0 Å². The van der Waals surface area contributed by atoms with Crippen molar-refractivity contribution < 1.29 is 19.4 Å². The first-order chi connectivity index (χ1) is 5.20. The van der Waals surface area contributed by atoms with Gasteiger partial charge < -0.3 is 14.6 Å². The minimum Gasteiger partial charge on any atom is -0.465 e. The molecule has 0 spiro atoms. The molecule has 4 heteroatoms. The Bertz CT molecular complexity index is 132. The van der Waals surface area contributed by atoms with Crippen LogP contribution in [0.2, 0.25) is 0 Å². The molecule has 0 radical (unpaired) electrons. The van der Waals surface area contributed by atoms with Crippen LogP contribution < -0.4 is 0 Å². The molecule has 0 saturated heterocycles. The van der Waals surface area contributed by atoms with Gasteiger partial charge in [-0.05, 0) is 0 Å². The SMILES string of the molecule is CC(=O)OCC(CO)CC=O. The highest BCUT2D eigenvalue weighted by Gasteiger charge is 2.07. The summed E-state index contributed by atoms with van der Waals surface area (Å²) in [6, 6.07) is 0. The molecule has 1 unspecified atom stereocenters. The molecule has 0 aromatic rings. The minimum atomic E-state index is -0.394. The van der Waals surface area contributed by atoms with Crippen LogP contribution in [0, 0.1) is 5.92 Å². The zero-order valence-corrected chi connectivity index (χ0v) is 6.45. The van der Waals surface area contributed by atoms with Gasteiger partial charge >= 0.3 is 5.97 Å². The third kappa shape index (κ3) is 5.54. The van der Waals surface area contributed by atoms with Crippen molar-refractivity contribution in [1.29, 1.82) is 0 Å². The molecule has 0 aromatic carbocycles. The van der Waals surface area contributed by atoms with Crippen LogP contribution in [0.1, 0.15) is 13.3 Å². The van der Waals surface area contributed by atoms with E-state index in [1.807, 2.05) is 0 Å². The van der Waals surface area contributed by atoms with Crippen molar-refractivity contribution in [2.75, 3.05) is 13.2 Å². The molecule has 0 aromatic heterocycles. The molecule has 0 saturated carbocycles. The monoisotopic (exact) mass is 160 g/mol. The molecule has 0 heterocycles. The number of esters is 1. The molecule has 1 atom stereocenters. The Kier molecular flexibility index (Phi) is 5.37. The van der Waals surface area contributed by atoms with Gasteiger partial charge in [0.1, 0.15) is 6.29 Å². The molecule has 0 fully saturated rings. The quantitative estimate of drug-likeness (QED) is 0.445. The second-order valence-electron chi connectivity index (χ2n) is 2.25. The molecular weight excluding hydrogens is 148 g/mol. The molecule has 0 aliphatic carbocycles. The van der Waals surface area contributed by atoms with E-state index in [4.69, 9.17) is 5.11 Å². The minimum absolute atomic E-state index is 0.116. The van der Waals surface area contributed by atoms with E-state index < -0.39 is 5.97 Å². The van der Waals surface area contributed by atoms with Crippen molar-refractivity contribution in [2.24, 2.45) is 5.92 Å². The van der Waals surface area contributed by atoms with Gasteiger partial charge in [0.05, 0.1) is 6.61 Å². The number of hydrogen-bond donors (Lipinski definition) is 1. The molecule has 0 aliphatic rings. The lowest BCUT2D eigenvalue weighted by molar-refractivity contribution is -0.143. The van der Waals surface area contributed by atoms with Crippen molar-refractivity contribution in [3.05, 3.63) is 0 Å². The summed E-state index contributed by atoms with van der Waals surface area (Å²) in [7, 11) is 0. The number of hydrogen-bond acceptors (Lipinski definition) is 4. The molecule has 11 heavy (non-hydrogen) atoms. The van der Waals surface area contributed by atoms with Crippen molar-refractivity contribution in [1.82, 2.24) is 0 Å². The summed E-state index contributed by atoms with van der Waals surface area (Å²) in [5, 5.41) is 8.62. The molecule has 0 amide bonds. The summed E-state index contributed by atoms with van der Waals surface area (Å²) in [5.41, 5.74) is 0. The average molecular weight is 160 g/mol. The largest absolute Gasteiger partial charge is 0.465 e. The zero-order valence-electron chi connectivity index (χ0n) is 6.45. The Morgan fingerprint density at radius 3 is 2.73 bits per heavy atom. The Morgan fingerprint density at radius 1 is 1.73 bits per heavy atom. The first-order valence-corrected chi connectivity index (χ1v) is 3.38. The topological polar surface area (TPSA) is 63.6 Å². The number of carbonyl (C=O) groups excluding carboxylic acids is 2. The molecule has 0 aliphatic heterocycles. The van der Waals surface area contributed by atoms with Gasteiger partial charge in [-0.25, -0.2) is 0 Å². The summed E-state index contributed by atoms with van der Waals surface area (Å²) in [5.74, 6) is -0.647. The van der Waals surface area contributed by atoms with E-state index in [1.54, 1.807) is 0 Å². The third-order valence-corrected chi connectivity index (χ3v) is 1.21. The lowest BCUT2D eigenvalue weighted by Crippen LogP contribution is -2.16. The number of aldehydes is 1. The first kappa shape index (κ1) is 10.1. The lowest BCUT2D eigenvalue weighted by atomic mass is 10.1. The molecule has 64 valence electrons. The number of rotatable bonds is 5. The summed E-state index contributed by atoms with van der Waals surface area (Å²) in [6.07, 6.45) is 0.925. The molecule has 0 bridgehead atoms. The second kappa shape index (κ2) is 5.85. The van der Waals surface area contributed by atoms with E-state index in [-0.39, 0.29) is 25.6 Å². The maximum atomic E-state index is 10.3. The normalized spacial score (nSPS) is 12.2. The van der Waals surface area contributed by atoms with Gasteiger partial charge in [-0.15, -0.1) is 0 Å². The number of ether oxygens (including phenoxy) is 1. The van der Waals surface area contributed by atoms with Crippen LogP contribution in [0.5, 0.6) is 0 Å². The molecule has 1 N–H and O–H groups in total. The van der Waals surface area contributed by atoms with Crippen LogP contribution in [-0.4, -0.2) is 30.6 Å². The van der Waals surface area contributed by atoms with E-state index in [0.717, 1.165) is 0 Å². The predicted octanol–water partition coefficient (Wildman–Crippen LogP) is -0.253. The van der Waals surface area contributed by atoms with Crippen molar-refractivity contribution >= 4 is 12.3 Å². The number of aliphatic hydroxyl groups is 1. The number of aliphatic hydroxyl groups excluding tert-OH is 1. The van der Waals surface area contributed by atoms with Gasteiger partial charge in [-0.1, -0.05) is 0 Å². The highest BCUT2D eigenvalue weighted by Crippen LogP contribution is 1.99. The zero-order chi connectivity index (χ0) is 8.69. The third-order valence-electron chi connectivity index (χ3n) is 1.21. The Morgan fingerprint density at radius 2 is 2.36 bits per heavy atom. The van der Waals surface area contributed by atoms with Gasteiger partial charge in [-0.3, -0.25) is 4.79 Å². The summed E-state index contributed by atoms with van der Waals surface area (Å²) in [4.78, 5) is 20.2. The van der Waals surface area contributed by atoms with Crippen LogP contribution in [0.4, 0.5) is 0 Å². The van der Waals surface area contributed by atoms with Crippen molar-refractivity contribution in [2.45, 2.75) is 13.3 Å².